The topological polar surface area (TPSA) is 49.3 Å². The van der Waals surface area contributed by atoms with Gasteiger partial charge < -0.3 is 10.4 Å². The zero-order valence-corrected chi connectivity index (χ0v) is 10.9. The highest BCUT2D eigenvalue weighted by Crippen LogP contribution is 2.31. The lowest BCUT2D eigenvalue weighted by molar-refractivity contribution is -0.141. The highest BCUT2D eigenvalue weighted by molar-refractivity contribution is 7.98. The molecule has 0 aliphatic carbocycles. The molecule has 1 heterocycles. The molecule has 0 saturated carbocycles. The van der Waals surface area contributed by atoms with Gasteiger partial charge in [0, 0.05) is 17.5 Å². The molecule has 3 nitrogen and oxygen atoms in total. The van der Waals surface area contributed by atoms with Gasteiger partial charge in [-0.3, -0.25) is 4.79 Å². The Morgan fingerprint density at radius 2 is 2.29 bits per heavy atom. The van der Waals surface area contributed by atoms with E-state index in [1.807, 2.05) is 0 Å². The number of carboxylic acid groups (broad SMARTS) is 1. The molecule has 0 amide bonds. The highest BCUT2D eigenvalue weighted by atomic mass is 32.2. The van der Waals surface area contributed by atoms with Gasteiger partial charge in [0.2, 0.25) is 0 Å². The second-order valence-corrected chi connectivity index (χ2v) is 5.33. The molecule has 0 spiro atoms. The number of nitrogens with one attached hydrogen (secondary N) is 1. The van der Waals surface area contributed by atoms with E-state index in [1.54, 1.807) is 11.8 Å². The van der Waals surface area contributed by atoms with Crippen LogP contribution in [0.25, 0.3) is 0 Å². The minimum Gasteiger partial charge on any atom is -0.481 e. The second-order valence-electron chi connectivity index (χ2n) is 4.45. The van der Waals surface area contributed by atoms with Crippen molar-refractivity contribution >= 4 is 17.7 Å². The molecule has 0 radical (unpaired) electrons. The van der Waals surface area contributed by atoms with Crippen LogP contribution < -0.4 is 5.32 Å². The molecular weight excluding hydrogens is 234 g/mol. The molecule has 1 aromatic rings. The third-order valence-electron chi connectivity index (χ3n) is 3.33. The van der Waals surface area contributed by atoms with Crippen molar-refractivity contribution in [1.29, 1.82) is 0 Å². The van der Waals surface area contributed by atoms with Crippen LogP contribution in [-0.4, -0.2) is 23.9 Å². The Bertz CT molecular complexity index is 433. The summed E-state index contributed by atoms with van der Waals surface area (Å²) in [5.74, 6) is -0.946. The zero-order chi connectivity index (χ0) is 12.4. The van der Waals surface area contributed by atoms with Gasteiger partial charge in [-0.05, 0) is 42.9 Å². The summed E-state index contributed by atoms with van der Waals surface area (Å²) >= 11 is 1.73. The third-order valence-corrected chi connectivity index (χ3v) is 4.06. The molecule has 1 aliphatic heterocycles. The first-order chi connectivity index (χ1) is 8.11. The number of hydrogen-bond acceptors (Lipinski definition) is 3. The van der Waals surface area contributed by atoms with Crippen LogP contribution >= 0.6 is 11.8 Å². The van der Waals surface area contributed by atoms with Crippen molar-refractivity contribution in [2.24, 2.45) is 5.92 Å². The van der Waals surface area contributed by atoms with Crippen LogP contribution in [0.3, 0.4) is 0 Å². The fraction of sp³-hybridized carbons (Fsp3) is 0.462. The van der Waals surface area contributed by atoms with Gasteiger partial charge in [-0.1, -0.05) is 6.07 Å². The Labute approximate surface area is 106 Å². The van der Waals surface area contributed by atoms with E-state index in [0.717, 1.165) is 0 Å². The summed E-state index contributed by atoms with van der Waals surface area (Å²) in [6.07, 6.45) is 2.75. The van der Waals surface area contributed by atoms with Crippen LogP contribution in [0, 0.1) is 12.8 Å². The third kappa shape index (κ3) is 2.64. The second kappa shape index (κ2) is 5.10. The molecule has 0 aromatic heterocycles. The minimum absolute atomic E-state index is 0.187. The molecule has 92 valence electrons. The van der Waals surface area contributed by atoms with Crippen molar-refractivity contribution in [3.8, 4) is 0 Å². The summed E-state index contributed by atoms with van der Waals surface area (Å²) in [4.78, 5) is 12.2. The molecule has 1 fully saturated rings. The summed E-state index contributed by atoms with van der Waals surface area (Å²) in [6, 6.07) is 6.56. The number of carboxylic acids is 1. The van der Waals surface area contributed by atoms with Gasteiger partial charge in [0.15, 0.2) is 0 Å². The van der Waals surface area contributed by atoms with Crippen LogP contribution in [0.5, 0.6) is 0 Å². The lowest BCUT2D eigenvalue weighted by Gasteiger charge is -2.14. The monoisotopic (exact) mass is 251 g/mol. The summed E-state index contributed by atoms with van der Waals surface area (Å²) < 4.78 is 0. The van der Waals surface area contributed by atoms with Gasteiger partial charge >= 0.3 is 5.97 Å². The fourth-order valence-corrected chi connectivity index (χ4v) is 2.83. The largest absolute Gasteiger partial charge is 0.481 e. The van der Waals surface area contributed by atoms with Crippen molar-refractivity contribution in [2.75, 3.05) is 12.8 Å². The van der Waals surface area contributed by atoms with E-state index in [9.17, 15) is 4.79 Å². The average Bonchev–Trinajstić information content (AvgIpc) is 2.78. The van der Waals surface area contributed by atoms with Crippen LogP contribution in [0.2, 0.25) is 0 Å². The van der Waals surface area contributed by atoms with E-state index < -0.39 is 5.97 Å². The first kappa shape index (κ1) is 12.5. The van der Waals surface area contributed by atoms with Gasteiger partial charge in [-0.25, -0.2) is 0 Å². The first-order valence-corrected chi connectivity index (χ1v) is 6.95. The number of rotatable bonds is 3. The minimum atomic E-state index is -0.696. The first-order valence-electron chi connectivity index (χ1n) is 5.72. The Morgan fingerprint density at radius 1 is 1.53 bits per heavy atom. The van der Waals surface area contributed by atoms with Gasteiger partial charge in [0.25, 0.3) is 0 Å². The van der Waals surface area contributed by atoms with Crippen molar-refractivity contribution < 1.29 is 9.90 Å². The Hall–Kier alpha value is -1.00. The Kier molecular flexibility index (Phi) is 3.74. The standard InChI is InChI=1S/C13H17NO2S/c1-8-5-10(17-2)3-4-11(8)12-6-9(7-14-12)13(15)16/h3-5,9,12,14H,6-7H2,1-2H3,(H,15,16). The van der Waals surface area contributed by atoms with Crippen LogP contribution in [-0.2, 0) is 4.79 Å². The van der Waals surface area contributed by atoms with Crippen LogP contribution in [0.4, 0.5) is 0 Å². The maximum absolute atomic E-state index is 10.9. The summed E-state index contributed by atoms with van der Waals surface area (Å²) in [6.45, 7) is 2.66. The summed E-state index contributed by atoms with van der Waals surface area (Å²) in [5.41, 5.74) is 2.46. The molecule has 1 aliphatic rings. The fourth-order valence-electron chi connectivity index (χ4n) is 2.33. The quantitative estimate of drug-likeness (QED) is 0.810. The molecule has 0 bridgehead atoms. The number of aliphatic carboxylic acids is 1. The molecular formula is C13H17NO2S. The normalized spacial score (nSPS) is 23.9. The van der Waals surface area contributed by atoms with Gasteiger partial charge in [-0.15, -0.1) is 11.8 Å². The van der Waals surface area contributed by atoms with Crippen LogP contribution in [0.1, 0.15) is 23.6 Å². The van der Waals surface area contributed by atoms with E-state index in [0.29, 0.717) is 13.0 Å². The van der Waals surface area contributed by atoms with Crippen molar-refractivity contribution in [2.45, 2.75) is 24.3 Å². The van der Waals surface area contributed by atoms with Gasteiger partial charge in [-0.2, -0.15) is 0 Å². The number of benzene rings is 1. The molecule has 2 atom stereocenters. The summed E-state index contributed by atoms with van der Waals surface area (Å²) in [5, 5.41) is 12.3. The van der Waals surface area contributed by atoms with Gasteiger partial charge in [0.05, 0.1) is 5.92 Å². The molecule has 4 heteroatoms. The van der Waals surface area contributed by atoms with Crippen molar-refractivity contribution in [1.82, 2.24) is 5.32 Å². The number of thioether (sulfide) groups is 1. The highest BCUT2D eigenvalue weighted by Gasteiger charge is 2.30. The molecule has 2 unspecified atom stereocenters. The predicted molar refractivity (Wildman–Crippen MR) is 69.4 cm³/mol. The smallest absolute Gasteiger partial charge is 0.307 e. The predicted octanol–water partition coefficient (Wildman–Crippen LogP) is 2.45. The number of carbonyl (C=O) groups is 1. The summed E-state index contributed by atoms with van der Waals surface area (Å²) in [7, 11) is 0. The van der Waals surface area contributed by atoms with E-state index >= 15 is 0 Å². The maximum Gasteiger partial charge on any atom is 0.307 e. The van der Waals surface area contributed by atoms with Gasteiger partial charge in [0.1, 0.15) is 0 Å². The average molecular weight is 251 g/mol. The van der Waals surface area contributed by atoms with Crippen molar-refractivity contribution in [3.05, 3.63) is 29.3 Å². The van der Waals surface area contributed by atoms with Crippen LogP contribution in [0.15, 0.2) is 23.1 Å². The molecule has 2 rings (SSSR count). The number of aryl methyl sites for hydroxylation is 1. The molecule has 17 heavy (non-hydrogen) atoms. The lowest BCUT2D eigenvalue weighted by Crippen LogP contribution is -2.17. The molecule has 2 N–H and O–H groups in total. The molecule has 1 saturated heterocycles. The number of hydrogen-bond donors (Lipinski definition) is 2. The SMILES string of the molecule is CSc1ccc(C2CC(C(=O)O)CN2)c(C)c1. The zero-order valence-electron chi connectivity index (χ0n) is 10.1. The Balaban J connectivity index is 2.16. The Morgan fingerprint density at radius 3 is 2.82 bits per heavy atom. The maximum atomic E-state index is 10.9. The van der Waals surface area contributed by atoms with E-state index in [-0.39, 0.29) is 12.0 Å². The molecule has 1 aromatic carbocycles. The van der Waals surface area contributed by atoms with E-state index in [2.05, 4.69) is 36.7 Å². The van der Waals surface area contributed by atoms with E-state index in [4.69, 9.17) is 5.11 Å². The lowest BCUT2D eigenvalue weighted by atomic mass is 9.97. The van der Waals surface area contributed by atoms with Crippen molar-refractivity contribution in [3.63, 3.8) is 0 Å². The van der Waals surface area contributed by atoms with E-state index in [1.165, 1.54) is 16.0 Å².